The van der Waals surface area contributed by atoms with Gasteiger partial charge in [0.25, 0.3) is 5.91 Å². The lowest BCUT2D eigenvalue weighted by molar-refractivity contribution is 0.0503. The predicted molar refractivity (Wildman–Crippen MR) is 149 cm³/mol. The second kappa shape index (κ2) is 9.86. The molecule has 1 amide bonds. The smallest absolute Gasteiger partial charge is 0.265 e. The molecule has 0 bridgehead atoms. The normalized spacial score (nSPS) is 19.5. The van der Waals surface area contributed by atoms with E-state index in [1.165, 1.54) is 0 Å². The van der Waals surface area contributed by atoms with E-state index >= 15 is 0 Å². The monoisotopic (exact) mass is 561 g/mol. The first-order valence-corrected chi connectivity index (χ1v) is 15.1. The summed E-state index contributed by atoms with van der Waals surface area (Å²) >= 11 is 1.56. The first-order valence-electron chi connectivity index (χ1n) is 12.7. The topological polar surface area (TPSA) is 118 Å². The average molecular weight is 562 g/mol. The molecule has 3 heterocycles. The molecule has 200 valence electrons. The molecular formula is C29H27N3O5S2. The molecule has 2 aromatic carbocycles. The van der Waals surface area contributed by atoms with Gasteiger partial charge in [-0.05, 0) is 55.5 Å². The van der Waals surface area contributed by atoms with E-state index in [0.717, 1.165) is 16.1 Å². The van der Waals surface area contributed by atoms with Gasteiger partial charge in [-0.25, -0.2) is 13.1 Å². The van der Waals surface area contributed by atoms with Gasteiger partial charge in [-0.3, -0.25) is 14.8 Å². The molecule has 1 aliphatic heterocycles. The molecule has 10 heteroatoms. The van der Waals surface area contributed by atoms with Gasteiger partial charge in [-0.2, -0.15) is 0 Å². The Balaban J connectivity index is 1.20. The highest BCUT2D eigenvalue weighted by atomic mass is 32.2. The van der Waals surface area contributed by atoms with Crippen LogP contribution in [0.4, 0.5) is 0 Å². The zero-order valence-electron chi connectivity index (χ0n) is 21.2. The molecular weight excluding hydrogens is 534 g/mol. The highest BCUT2D eigenvalue weighted by Crippen LogP contribution is 2.43. The first kappa shape index (κ1) is 25.7. The number of ether oxygens (including phenoxy) is 1. The summed E-state index contributed by atoms with van der Waals surface area (Å²) < 4.78 is 32.7. The third kappa shape index (κ3) is 4.95. The van der Waals surface area contributed by atoms with Crippen LogP contribution in [-0.4, -0.2) is 40.8 Å². The zero-order valence-corrected chi connectivity index (χ0v) is 22.8. The molecule has 6 rings (SSSR count). The van der Waals surface area contributed by atoms with E-state index in [9.17, 15) is 18.3 Å². The number of carbonyl (C=O) groups excluding carboxylic acids is 1. The van der Waals surface area contributed by atoms with Crippen LogP contribution in [0.5, 0.6) is 5.75 Å². The van der Waals surface area contributed by atoms with Crippen molar-refractivity contribution in [2.75, 3.05) is 6.61 Å². The Kier molecular flexibility index (Phi) is 6.49. The van der Waals surface area contributed by atoms with Gasteiger partial charge in [0.05, 0.1) is 27.8 Å². The molecule has 2 atom stereocenters. The Morgan fingerprint density at radius 1 is 1.13 bits per heavy atom. The van der Waals surface area contributed by atoms with Gasteiger partial charge in [0.15, 0.2) is 0 Å². The van der Waals surface area contributed by atoms with Crippen molar-refractivity contribution in [3.8, 4) is 27.3 Å². The number of carbonyl (C=O) groups is 1. The van der Waals surface area contributed by atoms with Crippen LogP contribution in [0.1, 0.15) is 47.5 Å². The van der Waals surface area contributed by atoms with Gasteiger partial charge in [0.2, 0.25) is 10.0 Å². The molecule has 2 aromatic heterocycles. The molecule has 2 N–H and O–H groups in total. The van der Waals surface area contributed by atoms with Crippen molar-refractivity contribution in [2.45, 2.75) is 37.0 Å². The fraction of sp³-hybridized carbons (Fsp3) is 0.276. The van der Waals surface area contributed by atoms with Crippen molar-refractivity contribution in [2.24, 2.45) is 5.92 Å². The van der Waals surface area contributed by atoms with Crippen molar-refractivity contribution < 1.29 is 23.1 Å². The van der Waals surface area contributed by atoms with Gasteiger partial charge in [0, 0.05) is 40.7 Å². The average Bonchev–Trinajstić information content (AvgIpc) is 3.48. The number of aromatic nitrogens is 2. The molecule has 39 heavy (non-hydrogen) atoms. The van der Waals surface area contributed by atoms with Crippen LogP contribution in [-0.2, 0) is 16.4 Å². The number of hydrogen-bond donors (Lipinski definition) is 2. The number of hydrogen-bond acceptors (Lipinski definition) is 8. The SMILES string of the molecule is CC1(S(=O)(=O)NC(=O)c2ccccc2-c2ccc3c(c2)OCC(Cc2ccc(-c4cncs4)cn2)[C@H]3O)CC1. The standard InChI is InChI=1S/C29H27N3O5S2/c1-29(10-11-29)39(35,36)32-28(34)23-5-3-2-4-22(23)18-7-9-24-25(13-18)37-16-20(27(24)33)12-21-8-6-19(14-31-21)26-15-30-17-38-26/h2-9,13-15,17,20,27,33H,10-12,16H2,1H3,(H,32,34)/t20?,27-/m1/s1. The summed E-state index contributed by atoms with van der Waals surface area (Å²) in [4.78, 5) is 22.7. The van der Waals surface area contributed by atoms with E-state index in [4.69, 9.17) is 4.74 Å². The number of amides is 1. The lowest BCUT2D eigenvalue weighted by atomic mass is 9.88. The molecule has 4 aromatic rings. The fourth-order valence-corrected chi connectivity index (χ4v) is 6.63. The summed E-state index contributed by atoms with van der Waals surface area (Å²) in [6, 6.07) is 16.3. The van der Waals surface area contributed by atoms with Crippen molar-refractivity contribution in [3.05, 3.63) is 89.3 Å². The van der Waals surface area contributed by atoms with E-state index < -0.39 is 26.8 Å². The Morgan fingerprint density at radius 3 is 2.64 bits per heavy atom. The van der Waals surface area contributed by atoms with E-state index in [2.05, 4.69) is 14.7 Å². The largest absolute Gasteiger partial charge is 0.493 e. The van der Waals surface area contributed by atoms with Crippen LogP contribution in [0.25, 0.3) is 21.6 Å². The van der Waals surface area contributed by atoms with Crippen LogP contribution in [0.15, 0.2) is 72.5 Å². The number of nitrogens with one attached hydrogen (secondary N) is 1. The van der Waals surface area contributed by atoms with Crippen molar-refractivity contribution in [1.29, 1.82) is 0 Å². The number of pyridine rings is 1. The number of nitrogens with zero attached hydrogens (tertiary/aromatic N) is 2. The van der Waals surface area contributed by atoms with Crippen LogP contribution < -0.4 is 9.46 Å². The summed E-state index contributed by atoms with van der Waals surface area (Å²) in [5.74, 6) is -0.290. The molecule has 0 spiro atoms. The third-order valence-electron chi connectivity index (χ3n) is 7.56. The van der Waals surface area contributed by atoms with Gasteiger partial charge in [-0.1, -0.05) is 36.4 Å². The molecule has 0 radical (unpaired) electrons. The van der Waals surface area contributed by atoms with Crippen molar-refractivity contribution in [1.82, 2.24) is 14.7 Å². The zero-order chi connectivity index (χ0) is 27.2. The van der Waals surface area contributed by atoms with Gasteiger partial charge < -0.3 is 9.84 Å². The fourth-order valence-electron chi connectivity index (χ4n) is 4.78. The quantitative estimate of drug-likeness (QED) is 0.334. The highest BCUT2D eigenvalue weighted by Gasteiger charge is 2.51. The number of thiazole rings is 1. The molecule has 8 nitrogen and oxygen atoms in total. The second-order valence-corrected chi connectivity index (χ2v) is 13.4. The summed E-state index contributed by atoms with van der Waals surface area (Å²) in [6.45, 7) is 1.96. The van der Waals surface area contributed by atoms with Gasteiger partial charge in [-0.15, -0.1) is 11.3 Å². The summed E-state index contributed by atoms with van der Waals surface area (Å²) in [5, 5.41) is 11.2. The van der Waals surface area contributed by atoms with E-state index in [0.29, 0.717) is 48.3 Å². The van der Waals surface area contributed by atoms with E-state index in [-0.39, 0.29) is 11.5 Å². The molecule has 1 aliphatic carbocycles. The minimum absolute atomic E-state index is 0.169. The Hall–Kier alpha value is -3.60. The van der Waals surface area contributed by atoms with Crippen molar-refractivity contribution >= 4 is 27.3 Å². The minimum Gasteiger partial charge on any atom is -0.493 e. The second-order valence-electron chi connectivity index (χ2n) is 10.3. The van der Waals surface area contributed by atoms with Gasteiger partial charge >= 0.3 is 0 Å². The number of fused-ring (bicyclic) bond motifs is 1. The molecule has 0 saturated heterocycles. The summed E-state index contributed by atoms with van der Waals surface area (Å²) in [6.07, 6.45) is 4.53. The van der Waals surface area contributed by atoms with Crippen LogP contribution in [0.3, 0.4) is 0 Å². The number of benzene rings is 2. The Labute approximate surface area is 230 Å². The minimum atomic E-state index is -3.77. The number of rotatable bonds is 7. The third-order valence-corrected chi connectivity index (χ3v) is 10.5. The van der Waals surface area contributed by atoms with Crippen LogP contribution in [0.2, 0.25) is 0 Å². The summed E-state index contributed by atoms with van der Waals surface area (Å²) in [7, 11) is -3.77. The maximum Gasteiger partial charge on any atom is 0.265 e. The van der Waals surface area contributed by atoms with E-state index in [1.54, 1.807) is 60.2 Å². The predicted octanol–water partition coefficient (Wildman–Crippen LogP) is 4.77. The summed E-state index contributed by atoms with van der Waals surface area (Å²) in [5.41, 5.74) is 5.86. The highest BCUT2D eigenvalue weighted by molar-refractivity contribution is 7.91. The molecule has 2 aliphatic rings. The molecule has 1 fully saturated rings. The first-order chi connectivity index (χ1) is 18.7. The maximum atomic E-state index is 13.0. The Bertz CT molecular complexity index is 1630. The van der Waals surface area contributed by atoms with Gasteiger partial charge in [0.1, 0.15) is 5.75 Å². The lowest BCUT2D eigenvalue weighted by Crippen LogP contribution is -2.38. The number of aliphatic hydroxyl groups is 1. The van der Waals surface area contributed by atoms with Crippen LogP contribution in [0, 0.1) is 5.92 Å². The maximum absolute atomic E-state index is 13.0. The number of sulfonamides is 1. The molecule has 1 saturated carbocycles. The molecule has 1 unspecified atom stereocenters. The number of aliphatic hydroxyl groups excluding tert-OH is 1. The van der Waals surface area contributed by atoms with Crippen molar-refractivity contribution in [3.63, 3.8) is 0 Å². The van der Waals surface area contributed by atoms with E-state index in [1.807, 2.05) is 30.6 Å². The van der Waals surface area contributed by atoms with Crippen LogP contribution >= 0.6 is 11.3 Å². The lowest BCUT2D eigenvalue weighted by Gasteiger charge is -2.30. The Morgan fingerprint density at radius 2 is 1.92 bits per heavy atom.